The molecule has 0 fully saturated rings. The molecule has 7 nitrogen and oxygen atoms in total. The van der Waals surface area contributed by atoms with Gasteiger partial charge in [-0.15, -0.1) is 5.10 Å². The summed E-state index contributed by atoms with van der Waals surface area (Å²) in [5.74, 6) is -0.156. The molecule has 0 radical (unpaired) electrons. The average molecular weight is 344 g/mol. The Morgan fingerprint density at radius 3 is 2.65 bits per heavy atom. The van der Waals surface area contributed by atoms with Crippen molar-refractivity contribution in [2.75, 3.05) is 5.32 Å². The molecular weight excluding hydrogens is 328 g/mol. The Hall–Kier alpha value is -3.61. The van der Waals surface area contributed by atoms with Crippen LogP contribution in [-0.2, 0) is 0 Å². The predicted octanol–water partition coefficient (Wildman–Crippen LogP) is 3.08. The number of nitrogens with zero attached hydrogens (tertiary/aromatic N) is 5. The summed E-state index contributed by atoms with van der Waals surface area (Å²) in [6.07, 6.45) is 1.68. The van der Waals surface area contributed by atoms with E-state index in [-0.39, 0.29) is 11.6 Å². The maximum atomic E-state index is 12.6. The first-order chi connectivity index (χ1) is 12.6. The van der Waals surface area contributed by atoms with Gasteiger partial charge in [0.2, 0.25) is 5.95 Å². The molecule has 0 aliphatic carbocycles. The fourth-order valence-corrected chi connectivity index (χ4v) is 2.76. The van der Waals surface area contributed by atoms with Crippen molar-refractivity contribution in [3.63, 3.8) is 0 Å². The quantitative estimate of drug-likeness (QED) is 0.617. The molecule has 0 bridgehead atoms. The molecule has 1 N–H and O–H groups in total. The maximum Gasteiger partial charge on any atom is 0.280 e. The van der Waals surface area contributed by atoms with E-state index in [4.69, 9.17) is 0 Å². The molecule has 2 heterocycles. The van der Waals surface area contributed by atoms with Crippen LogP contribution in [0.3, 0.4) is 0 Å². The van der Waals surface area contributed by atoms with Gasteiger partial charge in [-0.1, -0.05) is 41.6 Å². The Morgan fingerprint density at radius 1 is 1.04 bits per heavy atom. The molecule has 7 heteroatoms. The molecule has 4 rings (SSSR count). The molecule has 0 unspecified atom stereocenters. The summed E-state index contributed by atoms with van der Waals surface area (Å²) < 4.78 is 1.66. The molecule has 0 saturated heterocycles. The van der Waals surface area contributed by atoms with Crippen LogP contribution in [-0.4, -0.2) is 30.9 Å². The van der Waals surface area contributed by atoms with E-state index in [9.17, 15) is 4.79 Å². The van der Waals surface area contributed by atoms with Crippen LogP contribution in [0.15, 0.2) is 54.7 Å². The normalized spacial score (nSPS) is 10.8. The molecule has 2 aromatic heterocycles. The van der Waals surface area contributed by atoms with Crippen molar-refractivity contribution in [3.05, 3.63) is 71.7 Å². The van der Waals surface area contributed by atoms with Crippen molar-refractivity contribution in [2.45, 2.75) is 13.8 Å². The first kappa shape index (κ1) is 15.9. The zero-order valence-corrected chi connectivity index (χ0v) is 14.3. The average Bonchev–Trinajstić information content (AvgIpc) is 3.03. The first-order valence-electron chi connectivity index (χ1n) is 8.15. The fraction of sp³-hybridized carbons (Fsp3) is 0.105. The van der Waals surface area contributed by atoms with Gasteiger partial charge in [0.15, 0.2) is 5.69 Å². The van der Waals surface area contributed by atoms with Crippen molar-refractivity contribution in [2.24, 2.45) is 0 Å². The van der Waals surface area contributed by atoms with Gasteiger partial charge in [-0.05, 0) is 31.5 Å². The lowest BCUT2D eigenvalue weighted by Crippen LogP contribution is -2.16. The lowest BCUT2D eigenvalue weighted by Gasteiger charge is -2.07. The highest BCUT2D eigenvalue weighted by molar-refractivity contribution is 6.02. The third-order valence-corrected chi connectivity index (χ3v) is 4.17. The minimum Gasteiger partial charge on any atom is -0.289 e. The zero-order chi connectivity index (χ0) is 18.1. The highest BCUT2D eigenvalue weighted by Gasteiger charge is 2.19. The van der Waals surface area contributed by atoms with Crippen LogP contribution >= 0.6 is 0 Å². The van der Waals surface area contributed by atoms with E-state index in [0.29, 0.717) is 5.69 Å². The van der Waals surface area contributed by atoms with Crippen molar-refractivity contribution >= 4 is 22.8 Å². The Balaban J connectivity index is 1.63. The van der Waals surface area contributed by atoms with E-state index in [1.54, 1.807) is 10.9 Å². The summed E-state index contributed by atoms with van der Waals surface area (Å²) in [5, 5.41) is 11.8. The number of para-hydroxylation sites is 2. The standard InChI is InChI=1S/C19H16N6O/c1-12-7-3-6-10-16(12)25-13(2)17(23-24-25)18(26)22-19-20-11-14-8-4-5-9-15(14)21-19/h3-11H,1-2H3,(H,20,21,22,26). The number of aromatic nitrogens is 5. The molecule has 0 atom stereocenters. The number of rotatable bonds is 3. The van der Waals surface area contributed by atoms with Crippen LogP contribution in [0.2, 0.25) is 0 Å². The van der Waals surface area contributed by atoms with Gasteiger partial charge in [0, 0.05) is 11.6 Å². The second-order valence-corrected chi connectivity index (χ2v) is 5.93. The van der Waals surface area contributed by atoms with Crippen LogP contribution in [0.25, 0.3) is 16.6 Å². The third kappa shape index (κ3) is 2.79. The van der Waals surface area contributed by atoms with E-state index in [1.165, 1.54) is 0 Å². The van der Waals surface area contributed by atoms with Gasteiger partial charge < -0.3 is 0 Å². The molecule has 128 valence electrons. The topological polar surface area (TPSA) is 85.6 Å². The van der Waals surface area contributed by atoms with Crippen LogP contribution in [0.4, 0.5) is 5.95 Å². The number of benzene rings is 2. The molecule has 1 amide bonds. The van der Waals surface area contributed by atoms with Crippen LogP contribution < -0.4 is 5.32 Å². The minimum absolute atomic E-state index is 0.235. The molecule has 4 aromatic rings. The van der Waals surface area contributed by atoms with E-state index >= 15 is 0 Å². The number of hydrogen-bond donors (Lipinski definition) is 1. The van der Waals surface area contributed by atoms with Crippen LogP contribution in [0.1, 0.15) is 21.7 Å². The number of hydrogen-bond acceptors (Lipinski definition) is 5. The molecule has 26 heavy (non-hydrogen) atoms. The summed E-state index contributed by atoms with van der Waals surface area (Å²) in [4.78, 5) is 21.1. The Kier molecular flexibility index (Phi) is 3.89. The maximum absolute atomic E-state index is 12.6. The number of nitrogens with one attached hydrogen (secondary N) is 1. The Bertz CT molecular complexity index is 1120. The molecule has 2 aromatic carbocycles. The van der Waals surface area contributed by atoms with E-state index < -0.39 is 5.91 Å². The lowest BCUT2D eigenvalue weighted by molar-refractivity contribution is 0.102. The number of fused-ring (bicyclic) bond motifs is 1. The van der Waals surface area contributed by atoms with Gasteiger partial charge in [-0.2, -0.15) is 0 Å². The van der Waals surface area contributed by atoms with Gasteiger partial charge in [0.1, 0.15) is 0 Å². The van der Waals surface area contributed by atoms with Crippen molar-refractivity contribution in [1.29, 1.82) is 0 Å². The predicted molar refractivity (Wildman–Crippen MR) is 98.3 cm³/mol. The number of anilines is 1. The number of carbonyl (C=O) groups is 1. The highest BCUT2D eigenvalue weighted by Crippen LogP contribution is 2.17. The summed E-state index contributed by atoms with van der Waals surface area (Å²) in [6.45, 7) is 3.79. The van der Waals surface area contributed by atoms with Crippen molar-refractivity contribution < 1.29 is 4.79 Å². The van der Waals surface area contributed by atoms with Crippen molar-refractivity contribution in [3.8, 4) is 5.69 Å². The summed E-state index contributed by atoms with van der Waals surface area (Å²) in [5.41, 5.74) is 3.59. The number of carbonyl (C=O) groups excluding carboxylic acids is 1. The molecule has 0 aliphatic heterocycles. The smallest absolute Gasteiger partial charge is 0.280 e. The van der Waals surface area contributed by atoms with E-state index in [0.717, 1.165) is 22.2 Å². The van der Waals surface area contributed by atoms with Gasteiger partial charge in [-0.3, -0.25) is 10.1 Å². The van der Waals surface area contributed by atoms with E-state index in [1.807, 2.05) is 62.4 Å². The largest absolute Gasteiger partial charge is 0.289 e. The Labute approximate surface area is 149 Å². The molecule has 0 saturated carbocycles. The lowest BCUT2D eigenvalue weighted by atomic mass is 10.2. The third-order valence-electron chi connectivity index (χ3n) is 4.17. The van der Waals surface area contributed by atoms with E-state index in [2.05, 4.69) is 25.6 Å². The van der Waals surface area contributed by atoms with Crippen LogP contribution in [0, 0.1) is 13.8 Å². The second-order valence-electron chi connectivity index (χ2n) is 5.93. The number of amides is 1. The highest BCUT2D eigenvalue weighted by atomic mass is 16.2. The zero-order valence-electron chi connectivity index (χ0n) is 14.3. The van der Waals surface area contributed by atoms with Crippen LogP contribution in [0.5, 0.6) is 0 Å². The first-order valence-corrected chi connectivity index (χ1v) is 8.15. The van der Waals surface area contributed by atoms with Crippen molar-refractivity contribution in [1.82, 2.24) is 25.0 Å². The fourth-order valence-electron chi connectivity index (χ4n) is 2.76. The second kappa shape index (κ2) is 6.36. The SMILES string of the molecule is Cc1ccccc1-n1nnc(C(=O)Nc2ncc3ccccc3n2)c1C. The molecule has 0 aliphatic rings. The van der Waals surface area contributed by atoms with Gasteiger partial charge in [-0.25, -0.2) is 14.6 Å². The molecular formula is C19H16N6O. The van der Waals surface area contributed by atoms with Gasteiger partial charge >= 0.3 is 0 Å². The molecule has 0 spiro atoms. The number of aryl methyl sites for hydroxylation is 1. The Morgan fingerprint density at radius 2 is 1.81 bits per heavy atom. The van der Waals surface area contributed by atoms with Gasteiger partial charge in [0.25, 0.3) is 5.91 Å². The van der Waals surface area contributed by atoms with Gasteiger partial charge in [0.05, 0.1) is 16.9 Å². The monoisotopic (exact) mass is 344 g/mol. The summed E-state index contributed by atoms with van der Waals surface area (Å²) in [7, 11) is 0. The minimum atomic E-state index is -0.391. The summed E-state index contributed by atoms with van der Waals surface area (Å²) in [6, 6.07) is 15.4. The summed E-state index contributed by atoms with van der Waals surface area (Å²) >= 11 is 0.